The smallest absolute Gasteiger partial charge is 0.305 e. The fraction of sp³-hybridized carbons (Fsp3) is 0.966. The van der Waals surface area contributed by atoms with Crippen LogP contribution < -0.4 is 0 Å². The lowest BCUT2D eigenvalue weighted by molar-refractivity contribution is -0.145. The number of unbranched alkanes of at least 4 members (excludes halogenated alkanes) is 4. The first-order valence-corrected chi connectivity index (χ1v) is 15.2. The van der Waals surface area contributed by atoms with Crippen molar-refractivity contribution in [1.82, 2.24) is 0 Å². The summed E-state index contributed by atoms with van der Waals surface area (Å²) in [5.41, 5.74) is 0. The molecule has 0 aromatic rings. The molecule has 0 N–H and O–H groups in total. The molecule has 240 valence electrons. The Morgan fingerprint density at radius 2 is 0.625 bits per heavy atom. The van der Waals surface area contributed by atoms with Gasteiger partial charge in [-0.1, -0.05) is 39.5 Å². The van der Waals surface area contributed by atoms with Crippen molar-refractivity contribution in [3.05, 3.63) is 0 Å². The highest BCUT2D eigenvalue weighted by atomic mass is 16.6. The standard InChI is InChI=1S/C29H58O11/c1-3-5-7-9-29(30)40-28-27-39-26-25-38-24-23-37-22-21-36-20-19-35-18-17-34-16-15-33-14-13-32-12-11-31-10-8-6-4-2/h3-28H2,1-2H3. The zero-order valence-electron chi connectivity index (χ0n) is 25.4. The largest absolute Gasteiger partial charge is 0.463 e. The number of carbonyl (C=O) groups excluding carboxylic acids is 1. The molecular weight excluding hydrogens is 524 g/mol. The summed E-state index contributed by atoms with van der Waals surface area (Å²) in [6, 6.07) is 0. The fourth-order valence-electron chi connectivity index (χ4n) is 3.12. The van der Waals surface area contributed by atoms with Crippen LogP contribution in [0.5, 0.6) is 0 Å². The first-order chi connectivity index (χ1) is 19.8. The van der Waals surface area contributed by atoms with E-state index in [0.717, 1.165) is 32.3 Å². The van der Waals surface area contributed by atoms with Crippen LogP contribution in [-0.2, 0) is 52.2 Å². The van der Waals surface area contributed by atoms with Crippen molar-refractivity contribution in [2.75, 3.05) is 126 Å². The van der Waals surface area contributed by atoms with Crippen LogP contribution in [-0.4, -0.2) is 132 Å². The lowest BCUT2D eigenvalue weighted by atomic mass is 10.2. The molecule has 0 heterocycles. The Balaban J connectivity index is 3.06. The summed E-state index contributed by atoms with van der Waals surface area (Å²) in [6.45, 7) is 14.2. The minimum atomic E-state index is -0.155. The molecule has 0 saturated carbocycles. The molecule has 0 rings (SSSR count). The highest BCUT2D eigenvalue weighted by molar-refractivity contribution is 5.69. The molecule has 0 aliphatic rings. The second-order valence-corrected chi connectivity index (χ2v) is 8.90. The fourth-order valence-corrected chi connectivity index (χ4v) is 3.12. The topological polar surface area (TPSA) is 109 Å². The van der Waals surface area contributed by atoms with E-state index in [9.17, 15) is 4.79 Å². The minimum Gasteiger partial charge on any atom is -0.463 e. The molecule has 0 radical (unpaired) electrons. The Morgan fingerprint density at radius 3 is 0.950 bits per heavy atom. The van der Waals surface area contributed by atoms with Crippen LogP contribution in [0.15, 0.2) is 0 Å². The summed E-state index contributed by atoms with van der Waals surface area (Å²) >= 11 is 0. The van der Waals surface area contributed by atoms with E-state index in [1.165, 1.54) is 12.8 Å². The number of hydrogen-bond acceptors (Lipinski definition) is 11. The lowest BCUT2D eigenvalue weighted by Crippen LogP contribution is -2.15. The molecule has 0 fully saturated rings. The number of esters is 1. The molecule has 0 aliphatic heterocycles. The van der Waals surface area contributed by atoms with E-state index in [4.69, 9.17) is 47.4 Å². The molecule has 0 amide bonds. The van der Waals surface area contributed by atoms with Crippen molar-refractivity contribution in [3.8, 4) is 0 Å². The second-order valence-electron chi connectivity index (χ2n) is 8.90. The van der Waals surface area contributed by atoms with E-state index in [1.807, 2.05) is 0 Å². The normalized spacial score (nSPS) is 11.3. The van der Waals surface area contributed by atoms with Gasteiger partial charge in [-0.3, -0.25) is 4.79 Å². The Kier molecular flexibility index (Phi) is 35.3. The number of rotatable bonds is 35. The zero-order chi connectivity index (χ0) is 29.0. The Hall–Kier alpha value is -0.890. The Bertz CT molecular complexity index is 483. The summed E-state index contributed by atoms with van der Waals surface area (Å²) in [7, 11) is 0. The van der Waals surface area contributed by atoms with Crippen molar-refractivity contribution < 1.29 is 52.2 Å². The predicted octanol–water partition coefficient (Wildman–Crippen LogP) is 3.45. The van der Waals surface area contributed by atoms with Gasteiger partial charge in [0.15, 0.2) is 0 Å². The van der Waals surface area contributed by atoms with Crippen LogP contribution in [0, 0.1) is 0 Å². The van der Waals surface area contributed by atoms with Gasteiger partial charge in [0.1, 0.15) is 6.61 Å². The summed E-state index contributed by atoms with van der Waals surface area (Å²) < 4.78 is 54.1. The van der Waals surface area contributed by atoms with Gasteiger partial charge in [0.25, 0.3) is 0 Å². The Labute approximate surface area is 242 Å². The number of hydrogen-bond donors (Lipinski definition) is 0. The maximum Gasteiger partial charge on any atom is 0.305 e. The molecule has 0 unspecified atom stereocenters. The van der Waals surface area contributed by atoms with Crippen LogP contribution >= 0.6 is 0 Å². The highest BCUT2D eigenvalue weighted by Crippen LogP contribution is 2.00. The molecular formula is C29H58O11. The van der Waals surface area contributed by atoms with Gasteiger partial charge in [-0.05, 0) is 12.8 Å². The lowest BCUT2D eigenvalue weighted by Gasteiger charge is -2.09. The zero-order valence-corrected chi connectivity index (χ0v) is 25.4. The van der Waals surface area contributed by atoms with Gasteiger partial charge in [-0.2, -0.15) is 0 Å². The first-order valence-electron chi connectivity index (χ1n) is 15.2. The SMILES string of the molecule is CCCCCOCCOCCOCCOCCOCCOCCOCCOCCOCCOC(=O)CCCCC. The molecule has 0 bridgehead atoms. The third kappa shape index (κ3) is 35.1. The average Bonchev–Trinajstić information content (AvgIpc) is 2.96. The van der Waals surface area contributed by atoms with Crippen molar-refractivity contribution >= 4 is 5.97 Å². The van der Waals surface area contributed by atoms with Gasteiger partial charge in [-0.15, -0.1) is 0 Å². The number of carbonyl (C=O) groups is 1. The van der Waals surface area contributed by atoms with E-state index in [1.54, 1.807) is 0 Å². The third-order valence-electron chi connectivity index (χ3n) is 5.34. The van der Waals surface area contributed by atoms with Gasteiger partial charge < -0.3 is 47.4 Å². The first kappa shape index (κ1) is 39.1. The van der Waals surface area contributed by atoms with E-state index < -0.39 is 0 Å². The molecule has 11 nitrogen and oxygen atoms in total. The summed E-state index contributed by atoms with van der Waals surface area (Å²) in [4.78, 5) is 11.4. The molecule has 0 saturated heterocycles. The van der Waals surface area contributed by atoms with Gasteiger partial charge >= 0.3 is 5.97 Å². The summed E-state index contributed by atoms with van der Waals surface area (Å²) in [5, 5.41) is 0. The van der Waals surface area contributed by atoms with E-state index in [2.05, 4.69) is 13.8 Å². The third-order valence-corrected chi connectivity index (χ3v) is 5.34. The predicted molar refractivity (Wildman–Crippen MR) is 152 cm³/mol. The van der Waals surface area contributed by atoms with Crippen LogP contribution in [0.1, 0.15) is 58.8 Å². The molecule has 0 aliphatic carbocycles. The van der Waals surface area contributed by atoms with Crippen LogP contribution in [0.25, 0.3) is 0 Å². The second kappa shape index (κ2) is 36.1. The highest BCUT2D eigenvalue weighted by Gasteiger charge is 2.02. The van der Waals surface area contributed by atoms with E-state index >= 15 is 0 Å². The molecule has 0 spiro atoms. The van der Waals surface area contributed by atoms with Gasteiger partial charge in [0.05, 0.1) is 112 Å². The molecule has 40 heavy (non-hydrogen) atoms. The average molecular weight is 583 g/mol. The number of ether oxygens (including phenoxy) is 10. The molecule has 0 atom stereocenters. The maximum absolute atomic E-state index is 11.4. The molecule has 11 heteroatoms. The van der Waals surface area contributed by atoms with Crippen molar-refractivity contribution in [3.63, 3.8) is 0 Å². The summed E-state index contributed by atoms with van der Waals surface area (Å²) in [6.07, 6.45) is 7.05. The van der Waals surface area contributed by atoms with Crippen molar-refractivity contribution in [2.24, 2.45) is 0 Å². The monoisotopic (exact) mass is 582 g/mol. The van der Waals surface area contributed by atoms with Crippen LogP contribution in [0.2, 0.25) is 0 Å². The van der Waals surface area contributed by atoms with E-state index in [0.29, 0.717) is 119 Å². The van der Waals surface area contributed by atoms with Gasteiger partial charge in [0.2, 0.25) is 0 Å². The van der Waals surface area contributed by atoms with Crippen LogP contribution in [0.4, 0.5) is 0 Å². The van der Waals surface area contributed by atoms with Gasteiger partial charge in [-0.25, -0.2) is 0 Å². The molecule has 0 aromatic heterocycles. The van der Waals surface area contributed by atoms with E-state index in [-0.39, 0.29) is 12.6 Å². The van der Waals surface area contributed by atoms with Gasteiger partial charge in [0, 0.05) is 13.0 Å². The maximum atomic E-state index is 11.4. The van der Waals surface area contributed by atoms with Crippen molar-refractivity contribution in [2.45, 2.75) is 58.8 Å². The van der Waals surface area contributed by atoms with Crippen molar-refractivity contribution in [1.29, 1.82) is 0 Å². The quantitative estimate of drug-likeness (QED) is 0.0810. The van der Waals surface area contributed by atoms with Crippen LogP contribution in [0.3, 0.4) is 0 Å². The minimum absolute atomic E-state index is 0.155. The Morgan fingerprint density at radius 1 is 0.350 bits per heavy atom. The summed E-state index contributed by atoms with van der Waals surface area (Å²) in [5.74, 6) is -0.155. The molecule has 0 aromatic carbocycles.